The summed E-state index contributed by atoms with van der Waals surface area (Å²) in [5.41, 5.74) is 0.581. The zero-order chi connectivity index (χ0) is 16.0. The van der Waals surface area contributed by atoms with Crippen molar-refractivity contribution in [1.29, 1.82) is 0 Å². The summed E-state index contributed by atoms with van der Waals surface area (Å²) in [7, 11) is 0. The molecule has 1 aromatic rings. The lowest BCUT2D eigenvalue weighted by Gasteiger charge is -2.40. The van der Waals surface area contributed by atoms with Crippen LogP contribution in [0.5, 0.6) is 0 Å². The van der Waals surface area contributed by atoms with Gasteiger partial charge in [0.1, 0.15) is 6.10 Å². The summed E-state index contributed by atoms with van der Waals surface area (Å²) in [4.78, 5) is 26.3. The third-order valence-corrected chi connectivity index (χ3v) is 5.36. The van der Waals surface area contributed by atoms with Crippen LogP contribution in [0.2, 0.25) is 0 Å². The van der Waals surface area contributed by atoms with Gasteiger partial charge in [0, 0.05) is 24.9 Å². The molecule has 5 heteroatoms. The van der Waals surface area contributed by atoms with E-state index in [1.165, 1.54) is 6.42 Å². The fraction of sp³-hybridized carbons (Fsp3) is 0.556. The summed E-state index contributed by atoms with van der Waals surface area (Å²) in [6, 6.07) is 9.42. The molecular weight excluding hydrogens is 294 g/mol. The Morgan fingerprint density at radius 3 is 2.35 bits per heavy atom. The number of hydrogen-bond acceptors (Lipinski definition) is 4. The van der Waals surface area contributed by atoms with E-state index in [0.29, 0.717) is 24.0 Å². The minimum absolute atomic E-state index is 0.101. The molecule has 1 aliphatic carbocycles. The number of nitrogens with zero attached hydrogens (tertiary/aromatic N) is 1. The van der Waals surface area contributed by atoms with Gasteiger partial charge in [0.25, 0.3) is 0 Å². The third-order valence-electron chi connectivity index (χ3n) is 5.36. The number of benzene rings is 1. The number of hydrogen-bond donors (Lipinski definition) is 0. The molecule has 3 fully saturated rings. The molecule has 5 nitrogen and oxygen atoms in total. The lowest BCUT2D eigenvalue weighted by atomic mass is 9.95. The molecule has 2 bridgehead atoms. The van der Waals surface area contributed by atoms with Crippen LogP contribution < -0.4 is 0 Å². The Labute approximate surface area is 135 Å². The molecule has 122 valence electrons. The van der Waals surface area contributed by atoms with E-state index in [0.717, 1.165) is 12.8 Å². The summed E-state index contributed by atoms with van der Waals surface area (Å²) in [6.45, 7) is 2.23. The normalized spacial score (nSPS) is 33.8. The second kappa shape index (κ2) is 5.55. The van der Waals surface area contributed by atoms with Gasteiger partial charge >= 0.3 is 12.1 Å². The highest BCUT2D eigenvalue weighted by molar-refractivity contribution is 5.89. The SMILES string of the molecule is CCOC(=O)N1C2CC(OC(=O)c3ccccc3)CC1[C@@H]1C[C@H]21. The van der Waals surface area contributed by atoms with Crippen LogP contribution in [0.25, 0.3) is 0 Å². The van der Waals surface area contributed by atoms with E-state index in [2.05, 4.69) is 0 Å². The lowest BCUT2D eigenvalue weighted by molar-refractivity contribution is -0.0140. The Balaban J connectivity index is 1.43. The topological polar surface area (TPSA) is 55.8 Å². The maximum absolute atomic E-state index is 12.2. The van der Waals surface area contributed by atoms with Crippen molar-refractivity contribution in [2.24, 2.45) is 11.8 Å². The second-order valence-electron chi connectivity index (χ2n) is 6.67. The first kappa shape index (κ1) is 14.5. The summed E-state index contributed by atoms with van der Waals surface area (Å²) >= 11 is 0. The smallest absolute Gasteiger partial charge is 0.410 e. The zero-order valence-corrected chi connectivity index (χ0v) is 13.2. The third kappa shape index (κ3) is 2.48. The number of ether oxygens (including phenoxy) is 2. The van der Waals surface area contributed by atoms with Gasteiger partial charge in [-0.1, -0.05) is 18.2 Å². The summed E-state index contributed by atoms with van der Waals surface area (Å²) < 4.78 is 10.9. The molecule has 1 amide bonds. The highest BCUT2D eigenvalue weighted by atomic mass is 16.6. The minimum Gasteiger partial charge on any atom is -0.459 e. The molecule has 0 radical (unpaired) electrons. The number of piperidine rings is 2. The number of amides is 1. The van der Waals surface area contributed by atoms with Gasteiger partial charge in [0.15, 0.2) is 0 Å². The van der Waals surface area contributed by atoms with Crippen molar-refractivity contribution >= 4 is 12.1 Å². The molecule has 23 heavy (non-hydrogen) atoms. The van der Waals surface area contributed by atoms with Crippen LogP contribution >= 0.6 is 0 Å². The van der Waals surface area contributed by atoms with E-state index in [-0.39, 0.29) is 30.3 Å². The van der Waals surface area contributed by atoms with E-state index in [4.69, 9.17) is 9.47 Å². The molecule has 0 N–H and O–H groups in total. The van der Waals surface area contributed by atoms with E-state index in [9.17, 15) is 9.59 Å². The van der Waals surface area contributed by atoms with Gasteiger partial charge in [-0.3, -0.25) is 0 Å². The van der Waals surface area contributed by atoms with Gasteiger partial charge < -0.3 is 14.4 Å². The van der Waals surface area contributed by atoms with Crippen molar-refractivity contribution in [2.75, 3.05) is 6.61 Å². The molecule has 3 aliphatic rings. The predicted molar refractivity (Wildman–Crippen MR) is 82.9 cm³/mol. The monoisotopic (exact) mass is 315 g/mol. The van der Waals surface area contributed by atoms with Crippen molar-refractivity contribution < 1.29 is 19.1 Å². The van der Waals surface area contributed by atoms with Gasteiger partial charge in [0.2, 0.25) is 0 Å². The lowest BCUT2D eigenvalue weighted by Crippen LogP contribution is -2.51. The fourth-order valence-corrected chi connectivity index (χ4v) is 4.35. The minimum atomic E-state index is -0.270. The Kier molecular flexibility index (Phi) is 3.51. The molecule has 0 spiro atoms. The van der Waals surface area contributed by atoms with Gasteiger partial charge in [-0.05, 0) is 37.3 Å². The first-order valence-corrected chi connectivity index (χ1v) is 8.40. The first-order valence-electron chi connectivity index (χ1n) is 8.40. The number of carbonyl (C=O) groups is 2. The van der Waals surface area contributed by atoms with E-state index >= 15 is 0 Å². The van der Waals surface area contributed by atoms with E-state index in [1.807, 2.05) is 30.0 Å². The Hall–Kier alpha value is -2.04. The maximum atomic E-state index is 12.2. The second-order valence-corrected chi connectivity index (χ2v) is 6.67. The van der Waals surface area contributed by atoms with E-state index < -0.39 is 0 Å². The van der Waals surface area contributed by atoms with Crippen LogP contribution in [0.1, 0.15) is 36.5 Å². The highest BCUT2D eigenvalue weighted by Crippen LogP contribution is 2.58. The number of rotatable bonds is 3. The molecule has 2 saturated heterocycles. The van der Waals surface area contributed by atoms with Crippen LogP contribution in [0.4, 0.5) is 4.79 Å². The van der Waals surface area contributed by atoms with Crippen LogP contribution in [-0.2, 0) is 9.47 Å². The summed E-state index contributed by atoms with van der Waals surface area (Å²) in [5, 5.41) is 0. The number of esters is 1. The average Bonchev–Trinajstić information content (AvgIpc) is 3.32. The highest BCUT2D eigenvalue weighted by Gasteiger charge is 2.63. The van der Waals surface area contributed by atoms with Crippen LogP contribution in [0.3, 0.4) is 0 Å². The zero-order valence-electron chi connectivity index (χ0n) is 13.2. The largest absolute Gasteiger partial charge is 0.459 e. The van der Waals surface area contributed by atoms with Crippen molar-refractivity contribution in [3.63, 3.8) is 0 Å². The van der Waals surface area contributed by atoms with Crippen LogP contribution in [-0.4, -0.2) is 41.8 Å². The first-order chi connectivity index (χ1) is 11.2. The van der Waals surface area contributed by atoms with Crippen molar-refractivity contribution in [3.05, 3.63) is 35.9 Å². The molecule has 2 aliphatic heterocycles. The molecule has 1 saturated carbocycles. The molecule has 4 rings (SSSR count). The van der Waals surface area contributed by atoms with Crippen LogP contribution in [0.15, 0.2) is 30.3 Å². The molecule has 5 atom stereocenters. The van der Waals surface area contributed by atoms with Gasteiger partial charge in [-0.15, -0.1) is 0 Å². The Morgan fingerprint density at radius 1 is 1.09 bits per heavy atom. The molecule has 3 unspecified atom stereocenters. The van der Waals surface area contributed by atoms with Gasteiger partial charge in [0.05, 0.1) is 12.2 Å². The van der Waals surface area contributed by atoms with Crippen LogP contribution in [0, 0.1) is 11.8 Å². The fourth-order valence-electron chi connectivity index (χ4n) is 4.35. The molecule has 0 aromatic heterocycles. The molecule has 2 heterocycles. The predicted octanol–water partition coefficient (Wildman–Crippen LogP) is 2.85. The van der Waals surface area contributed by atoms with E-state index in [1.54, 1.807) is 12.1 Å². The quantitative estimate of drug-likeness (QED) is 0.805. The summed E-state index contributed by atoms with van der Waals surface area (Å²) in [5.74, 6) is 0.878. The maximum Gasteiger partial charge on any atom is 0.410 e. The average molecular weight is 315 g/mol. The van der Waals surface area contributed by atoms with Gasteiger partial charge in [-0.25, -0.2) is 9.59 Å². The Bertz CT molecular complexity index is 599. The number of carbonyl (C=O) groups excluding carboxylic acids is 2. The standard InChI is InChI=1S/C18H21NO4/c1-2-22-18(21)19-15-8-12(9-16(19)14-10-13(14)15)23-17(20)11-6-4-3-5-7-11/h3-7,12-16H,2,8-10H2,1H3/t12?,13-,14+,15?,16?. The molecule has 1 aromatic carbocycles. The van der Waals surface area contributed by atoms with Gasteiger partial charge in [-0.2, -0.15) is 0 Å². The van der Waals surface area contributed by atoms with Crippen molar-refractivity contribution in [3.8, 4) is 0 Å². The summed E-state index contributed by atoms with van der Waals surface area (Å²) in [6.07, 6.45) is 2.35. The number of fused-ring (bicyclic) bond motifs is 5. The molecular formula is C18H21NO4. The van der Waals surface area contributed by atoms with Crippen molar-refractivity contribution in [2.45, 2.75) is 44.4 Å². The Morgan fingerprint density at radius 2 is 1.74 bits per heavy atom. The van der Waals surface area contributed by atoms with Crippen molar-refractivity contribution in [1.82, 2.24) is 4.90 Å².